The van der Waals surface area contributed by atoms with Gasteiger partial charge in [0, 0.05) is 18.1 Å². The summed E-state index contributed by atoms with van der Waals surface area (Å²) in [6.45, 7) is 12.7. The standard InChI is InChI=1S/C16H34N2O/c1-5-16(13-19,17-15-8-9-15)10-7-11-18(6-2)12-14(3)4/h14-15,17,19H,5-13H2,1-4H3. The van der Waals surface area contributed by atoms with Gasteiger partial charge in [-0.2, -0.15) is 0 Å². The molecule has 0 aromatic carbocycles. The van der Waals surface area contributed by atoms with E-state index < -0.39 is 0 Å². The Morgan fingerprint density at radius 2 is 2.00 bits per heavy atom. The van der Waals surface area contributed by atoms with Crippen molar-refractivity contribution in [2.75, 3.05) is 26.2 Å². The zero-order chi connectivity index (χ0) is 14.3. The average Bonchev–Trinajstić information content (AvgIpc) is 3.19. The maximum absolute atomic E-state index is 9.74. The highest BCUT2D eigenvalue weighted by Crippen LogP contribution is 2.26. The first-order valence-corrected chi connectivity index (χ1v) is 8.16. The lowest BCUT2D eigenvalue weighted by Crippen LogP contribution is -2.49. The third-order valence-electron chi connectivity index (χ3n) is 4.27. The molecule has 3 heteroatoms. The lowest BCUT2D eigenvalue weighted by Gasteiger charge is -2.33. The zero-order valence-electron chi connectivity index (χ0n) is 13.4. The van der Waals surface area contributed by atoms with Gasteiger partial charge in [-0.1, -0.05) is 27.7 Å². The smallest absolute Gasteiger partial charge is 0.0613 e. The highest BCUT2D eigenvalue weighted by molar-refractivity contribution is 4.94. The summed E-state index contributed by atoms with van der Waals surface area (Å²) in [6, 6.07) is 0.671. The van der Waals surface area contributed by atoms with Crippen molar-refractivity contribution in [2.45, 2.75) is 71.4 Å². The summed E-state index contributed by atoms with van der Waals surface area (Å²) in [5, 5.41) is 13.4. The Balaban J connectivity index is 2.33. The Morgan fingerprint density at radius 3 is 2.42 bits per heavy atom. The Hall–Kier alpha value is -0.120. The minimum Gasteiger partial charge on any atom is -0.394 e. The Morgan fingerprint density at radius 1 is 1.32 bits per heavy atom. The van der Waals surface area contributed by atoms with Gasteiger partial charge in [-0.15, -0.1) is 0 Å². The topological polar surface area (TPSA) is 35.5 Å². The summed E-state index contributed by atoms with van der Waals surface area (Å²) in [5.41, 5.74) is -0.0294. The van der Waals surface area contributed by atoms with E-state index in [2.05, 4.69) is 37.9 Å². The van der Waals surface area contributed by atoms with Crippen molar-refractivity contribution >= 4 is 0 Å². The van der Waals surface area contributed by atoms with Crippen LogP contribution in [0.3, 0.4) is 0 Å². The van der Waals surface area contributed by atoms with Crippen LogP contribution in [0.25, 0.3) is 0 Å². The molecule has 1 aliphatic rings. The van der Waals surface area contributed by atoms with Gasteiger partial charge in [0.2, 0.25) is 0 Å². The van der Waals surface area contributed by atoms with Crippen LogP contribution in [0.2, 0.25) is 0 Å². The fraction of sp³-hybridized carbons (Fsp3) is 1.00. The van der Waals surface area contributed by atoms with Crippen LogP contribution in [-0.4, -0.2) is 47.8 Å². The van der Waals surface area contributed by atoms with Crippen LogP contribution < -0.4 is 5.32 Å². The molecular weight excluding hydrogens is 236 g/mol. The van der Waals surface area contributed by atoms with Crippen LogP contribution >= 0.6 is 0 Å². The van der Waals surface area contributed by atoms with E-state index in [1.54, 1.807) is 0 Å². The quantitative estimate of drug-likeness (QED) is 0.606. The van der Waals surface area contributed by atoms with E-state index in [1.807, 2.05) is 0 Å². The monoisotopic (exact) mass is 270 g/mol. The van der Waals surface area contributed by atoms with Crippen LogP contribution in [0.4, 0.5) is 0 Å². The predicted octanol–water partition coefficient (Wildman–Crippen LogP) is 2.64. The molecular formula is C16H34N2O. The number of nitrogens with zero attached hydrogens (tertiary/aromatic N) is 1. The second-order valence-electron chi connectivity index (χ2n) is 6.60. The van der Waals surface area contributed by atoms with Crippen LogP contribution in [0.1, 0.15) is 59.8 Å². The first kappa shape index (κ1) is 16.9. The highest BCUT2D eigenvalue weighted by Gasteiger charge is 2.33. The van der Waals surface area contributed by atoms with Gasteiger partial charge in [0.15, 0.2) is 0 Å². The molecule has 1 aliphatic carbocycles. The first-order valence-electron chi connectivity index (χ1n) is 8.16. The molecule has 0 spiro atoms. The molecule has 0 saturated heterocycles. The van der Waals surface area contributed by atoms with Gasteiger partial charge in [-0.05, 0) is 51.1 Å². The highest BCUT2D eigenvalue weighted by atomic mass is 16.3. The number of hydrogen-bond acceptors (Lipinski definition) is 3. The van der Waals surface area contributed by atoms with Gasteiger partial charge in [-0.3, -0.25) is 0 Å². The SMILES string of the molecule is CCN(CCCC(CC)(CO)NC1CC1)CC(C)C. The van der Waals surface area contributed by atoms with Gasteiger partial charge in [0.05, 0.1) is 6.61 Å². The molecule has 0 heterocycles. The van der Waals surface area contributed by atoms with Crippen LogP contribution in [0, 0.1) is 5.92 Å². The van der Waals surface area contributed by atoms with Crippen molar-refractivity contribution in [3.8, 4) is 0 Å². The van der Waals surface area contributed by atoms with E-state index in [1.165, 1.54) is 25.8 Å². The molecule has 0 radical (unpaired) electrons. The van der Waals surface area contributed by atoms with Crippen molar-refractivity contribution in [3.05, 3.63) is 0 Å². The predicted molar refractivity (Wildman–Crippen MR) is 82.5 cm³/mol. The lowest BCUT2D eigenvalue weighted by atomic mass is 9.91. The van der Waals surface area contributed by atoms with Gasteiger partial charge >= 0.3 is 0 Å². The molecule has 1 atom stereocenters. The van der Waals surface area contributed by atoms with E-state index in [-0.39, 0.29) is 12.1 Å². The molecule has 0 aliphatic heterocycles. The van der Waals surface area contributed by atoms with Gasteiger partial charge in [-0.25, -0.2) is 0 Å². The van der Waals surface area contributed by atoms with Crippen LogP contribution in [0.5, 0.6) is 0 Å². The average molecular weight is 270 g/mol. The molecule has 0 bridgehead atoms. The molecule has 0 amide bonds. The summed E-state index contributed by atoms with van der Waals surface area (Å²) in [6.07, 6.45) is 5.86. The number of nitrogens with one attached hydrogen (secondary N) is 1. The van der Waals surface area contributed by atoms with Crippen molar-refractivity contribution in [1.29, 1.82) is 0 Å². The molecule has 3 nitrogen and oxygen atoms in total. The van der Waals surface area contributed by atoms with Crippen molar-refractivity contribution in [1.82, 2.24) is 10.2 Å². The van der Waals surface area contributed by atoms with E-state index in [0.29, 0.717) is 6.04 Å². The molecule has 1 rings (SSSR count). The molecule has 0 aromatic rings. The molecule has 1 saturated carbocycles. The number of aliphatic hydroxyl groups is 1. The zero-order valence-corrected chi connectivity index (χ0v) is 13.4. The fourth-order valence-electron chi connectivity index (χ4n) is 2.78. The van der Waals surface area contributed by atoms with Crippen molar-refractivity contribution < 1.29 is 5.11 Å². The number of aliphatic hydroxyl groups excluding tert-OH is 1. The van der Waals surface area contributed by atoms with E-state index in [0.717, 1.165) is 31.8 Å². The van der Waals surface area contributed by atoms with E-state index >= 15 is 0 Å². The minimum absolute atomic E-state index is 0.0294. The van der Waals surface area contributed by atoms with Gasteiger partial charge in [0.25, 0.3) is 0 Å². The Kier molecular flexibility index (Phi) is 7.33. The minimum atomic E-state index is -0.0294. The second-order valence-corrected chi connectivity index (χ2v) is 6.60. The van der Waals surface area contributed by atoms with E-state index in [4.69, 9.17) is 0 Å². The lowest BCUT2D eigenvalue weighted by molar-refractivity contribution is 0.135. The molecule has 19 heavy (non-hydrogen) atoms. The second kappa shape index (κ2) is 8.23. The van der Waals surface area contributed by atoms with Crippen LogP contribution in [0.15, 0.2) is 0 Å². The molecule has 0 aromatic heterocycles. The Bertz CT molecular complexity index is 235. The van der Waals surface area contributed by atoms with Crippen molar-refractivity contribution in [2.24, 2.45) is 5.92 Å². The largest absolute Gasteiger partial charge is 0.394 e. The molecule has 114 valence electrons. The first-order chi connectivity index (χ1) is 9.05. The van der Waals surface area contributed by atoms with Crippen molar-refractivity contribution in [3.63, 3.8) is 0 Å². The van der Waals surface area contributed by atoms with E-state index in [9.17, 15) is 5.11 Å². The Labute approximate surface area is 119 Å². The summed E-state index contributed by atoms with van der Waals surface area (Å²) < 4.78 is 0. The maximum atomic E-state index is 9.74. The summed E-state index contributed by atoms with van der Waals surface area (Å²) in [5.74, 6) is 0.735. The third-order valence-corrected chi connectivity index (χ3v) is 4.27. The van der Waals surface area contributed by atoms with Gasteiger partial charge in [0.1, 0.15) is 0 Å². The van der Waals surface area contributed by atoms with Gasteiger partial charge < -0.3 is 15.3 Å². The maximum Gasteiger partial charge on any atom is 0.0613 e. The number of hydrogen-bond donors (Lipinski definition) is 2. The third kappa shape index (κ3) is 6.24. The van der Waals surface area contributed by atoms with Crippen LogP contribution in [-0.2, 0) is 0 Å². The number of rotatable bonds is 11. The summed E-state index contributed by atoms with van der Waals surface area (Å²) in [7, 11) is 0. The molecule has 2 N–H and O–H groups in total. The molecule has 1 unspecified atom stereocenters. The molecule has 1 fully saturated rings. The summed E-state index contributed by atoms with van der Waals surface area (Å²) in [4.78, 5) is 2.53. The summed E-state index contributed by atoms with van der Waals surface area (Å²) >= 11 is 0. The fourth-order valence-corrected chi connectivity index (χ4v) is 2.78. The normalized spacial score (nSPS) is 19.1.